The van der Waals surface area contributed by atoms with E-state index in [2.05, 4.69) is 11.4 Å². The molecule has 1 aliphatic carbocycles. The Hall–Kier alpha value is -2.33. The van der Waals surface area contributed by atoms with Gasteiger partial charge in [0.15, 0.2) is 6.10 Å². The van der Waals surface area contributed by atoms with Crippen LogP contribution in [0.1, 0.15) is 47.3 Å². The van der Waals surface area contributed by atoms with Crippen LogP contribution in [0.25, 0.3) is 0 Å². The minimum atomic E-state index is -0.891. The van der Waals surface area contributed by atoms with E-state index in [1.165, 1.54) is 5.56 Å². The average Bonchev–Trinajstić information content (AvgIpc) is 2.62. The molecule has 0 aliphatic heterocycles. The Morgan fingerprint density at radius 2 is 1.88 bits per heavy atom. The highest BCUT2D eigenvalue weighted by molar-refractivity contribution is 6.33. The van der Waals surface area contributed by atoms with Gasteiger partial charge >= 0.3 is 5.97 Å². The fourth-order valence-electron chi connectivity index (χ4n) is 3.10. The summed E-state index contributed by atoms with van der Waals surface area (Å²) in [5.41, 5.74) is 2.67. The Kier molecular flexibility index (Phi) is 5.39. The minimum Gasteiger partial charge on any atom is -0.449 e. The van der Waals surface area contributed by atoms with Gasteiger partial charge in [-0.05, 0) is 49.4 Å². The van der Waals surface area contributed by atoms with E-state index in [0.717, 1.165) is 24.8 Å². The zero-order chi connectivity index (χ0) is 17.8. The maximum absolute atomic E-state index is 12.5. The fraction of sp³-hybridized carbons (Fsp3) is 0.300. The van der Waals surface area contributed by atoms with Crippen LogP contribution in [0, 0.1) is 0 Å². The molecule has 2 atom stereocenters. The van der Waals surface area contributed by atoms with E-state index in [0.29, 0.717) is 5.02 Å². The van der Waals surface area contributed by atoms with Crippen molar-refractivity contribution in [2.45, 2.75) is 38.3 Å². The molecule has 1 N–H and O–H groups in total. The molecule has 0 bridgehead atoms. The van der Waals surface area contributed by atoms with Gasteiger partial charge < -0.3 is 10.1 Å². The van der Waals surface area contributed by atoms with Gasteiger partial charge in [0.2, 0.25) is 0 Å². The van der Waals surface area contributed by atoms with Crippen molar-refractivity contribution >= 4 is 23.5 Å². The molecule has 130 valence electrons. The van der Waals surface area contributed by atoms with Gasteiger partial charge in [-0.15, -0.1) is 0 Å². The summed E-state index contributed by atoms with van der Waals surface area (Å²) in [7, 11) is 0. The second-order valence-electron chi connectivity index (χ2n) is 6.18. The number of fused-ring (bicyclic) bond motifs is 1. The number of rotatable bonds is 4. The van der Waals surface area contributed by atoms with Crippen LogP contribution in [-0.2, 0) is 16.0 Å². The average molecular weight is 358 g/mol. The van der Waals surface area contributed by atoms with Crippen LogP contribution in [-0.4, -0.2) is 18.0 Å². The normalized spacial score (nSPS) is 17.3. The second-order valence-corrected chi connectivity index (χ2v) is 6.59. The van der Waals surface area contributed by atoms with E-state index < -0.39 is 12.1 Å². The molecule has 3 rings (SSSR count). The lowest BCUT2D eigenvalue weighted by Crippen LogP contribution is -2.39. The molecule has 0 radical (unpaired) electrons. The number of nitrogens with one attached hydrogen (secondary N) is 1. The Morgan fingerprint density at radius 3 is 2.68 bits per heavy atom. The first kappa shape index (κ1) is 17.5. The van der Waals surface area contributed by atoms with Gasteiger partial charge in [0.05, 0.1) is 16.6 Å². The lowest BCUT2D eigenvalue weighted by molar-refractivity contribution is -0.130. The van der Waals surface area contributed by atoms with Crippen molar-refractivity contribution in [3.63, 3.8) is 0 Å². The van der Waals surface area contributed by atoms with E-state index >= 15 is 0 Å². The monoisotopic (exact) mass is 357 g/mol. The number of carbonyl (C=O) groups excluding carboxylic acids is 2. The number of hydrogen-bond acceptors (Lipinski definition) is 3. The highest BCUT2D eigenvalue weighted by Gasteiger charge is 2.26. The topological polar surface area (TPSA) is 55.4 Å². The molecule has 1 aliphatic rings. The molecule has 1 amide bonds. The van der Waals surface area contributed by atoms with Crippen LogP contribution < -0.4 is 5.32 Å². The summed E-state index contributed by atoms with van der Waals surface area (Å²) in [6, 6.07) is 14.7. The molecular weight excluding hydrogens is 338 g/mol. The molecular formula is C20H20ClNO3. The van der Waals surface area contributed by atoms with Crippen LogP contribution in [0.5, 0.6) is 0 Å². The van der Waals surface area contributed by atoms with Crippen molar-refractivity contribution in [1.82, 2.24) is 5.32 Å². The Bertz CT molecular complexity index is 790. The fourth-order valence-corrected chi connectivity index (χ4v) is 3.31. The summed E-state index contributed by atoms with van der Waals surface area (Å²) in [4.78, 5) is 24.6. The Labute approximate surface area is 152 Å². The van der Waals surface area contributed by atoms with Crippen LogP contribution in [0.2, 0.25) is 5.02 Å². The van der Waals surface area contributed by atoms with Gasteiger partial charge in [-0.3, -0.25) is 4.79 Å². The summed E-state index contributed by atoms with van der Waals surface area (Å²) < 4.78 is 5.27. The van der Waals surface area contributed by atoms with Crippen LogP contribution in [0.3, 0.4) is 0 Å². The number of carbonyl (C=O) groups is 2. The molecule has 2 aromatic rings. The smallest absolute Gasteiger partial charge is 0.340 e. The number of benzene rings is 2. The predicted molar refractivity (Wildman–Crippen MR) is 96.6 cm³/mol. The van der Waals surface area contributed by atoms with E-state index in [9.17, 15) is 9.59 Å². The largest absolute Gasteiger partial charge is 0.449 e. The minimum absolute atomic E-state index is 0.0427. The highest BCUT2D eigenvalue weighted by Crippen LogP contribution is 2.29. The molecule has 0 aromatic heterocycles. The second kappa shape index (κ2) is 7.70. The number of esters is 1. The first-order valence-electron chi connectivity index (χ1n) is 8.40. The third-order valence-electron chi connectivity index (χ3n) is 4.43. The molecule has 0 saturated heterocycles. The van der Waals surface area contributed by atoms with Gasteiger partial charge in [-0.25, -0.2) is 4.79 Å². The van der Waals surface area contributed by atoms with E-state index in [-0.39, 0.29) is 17.5 Å². The lowest BCUT2D eigenvalue weighted by Gasteiger charge is -2.27. The highest BCUT2D eigenvalue weighted by atomic mass is 35.5. The first-order valence-corrected chi connectivity index (χ1v) is 8.77. The SMILES string of the molecule is C[C@@H](OC(=O)c1ccccc1Cl)C(=O)N[C@H]1CCCc2ccccc21. The van der Waals surface area contributed by atoms with Gasteiger partial charge in [0.25, 0.3) is 5.91 Å². The summed E-state index contributed by atoms with van der Waals surface area (Å²) in [6.45, 7) is 1.57. The Morgan fingerprint density at radius 1 is 1.16 bits per heavy atom. The van der Waals surface area contributed by atoms with Crippen molar-refractivity contribution < 1.29 is 14.3 Å². The third-order valence-corrected chi connectivity index (χ3v) is 4.76. The number of hydrogen-bond donors (Lipinski definition) is 1. The summed E-state index contributed by atoms with van der Waals surface area (Å²) in [5, 5.41) is 3.30. The summed E-state index contributed by atoms with van der Waals surface area (Å²) in [6.07, 6.45) is 2.04. The maximum atomic E-state index is 12.5. The standard InChI is InChI=1S/C20H20ClNO3/c1-13(25-20(24)16-10-4-5-11-17(16)21)19(23)22-18-12-6-8-14-7-2-3-9-15(14)18/h2-5,7,9-11,13,18H,6,8,12H2,1H3,(H,22,23)/t13-,18+/m1/s1. The van der Waals surface area contributed by atoms with E-state index in [1.54, 1.807) is 31.2 Å². The molecule has 0 heterocycles. The zero-order valence-corrected chi connectivity index (χ0v) is 14.8. The quantitative estimate of drug-likeness (QED) is 0.839. The number of aryl methyl sites for hydroxylation is 1. The van der Waals surface area contributed by atoms with E-state index in [4.69, 9.17) is 16.3 Å². The van der Waals surface area contributed by atoms with Gasteiger partial charge in [0.1, 0.15) is 0 Å². The molecule has 0 spiro atoms. The molecule has 4 nitrogen and oxygen atoms in total. The van der Waals surface area contributed by atoms with E-state index in [1.807, 2.05) is 18.2 Å². The van der Waals surface area contributed by atoms with Gasteiger partial charge in [-0.1, -0.05) is 48.0 Å². The Balaban J connectivity index is 1.64. The van der Waals surface area contributed by atoms with Crippen molar-refractivity contribution in [2.24, 2.45) is 0 Å². The molecule has 0 saturated carbocycles. The van der Waals surface area contributed by atoms with Crippen molar-refractivity contribution in [1.29, 1.82) is 0 Å². The molecule has 2 aromatic carbocycles. The summed E-state index contributed by atoms with van der Waals surface area (Å²) >= 11 is 5.99. The van der Waals surface area contributed by atoms with Crippen molar-refractivity contribution in [3.8, 4) is 0 Å². The molecule has 5 heteroatoms. The van der Waals surface area contributed by atoms with Crippen LogP contribution >= 0.6 is 11.6 Å². The van der Waals surface area contributed by atoms with Gasteiger partial charge in [0, 0.05) is 0 Å². The lowest BCUT2D eigenvalue weighted by atomic mass is 9.87. The number of ether oxygens (including phenoxy) is 1. The van der Waals surface area contributed by atoms with Crippen LogP contribution in [0.4, 0.5) is 0 Å². The van der Waals surface area contributed by atoms with Crippen LogP contribution in [0.15, 0.2) is 48.5 Å². The summed E-state index contributed by atoms with van der Waals surface area (Å²) in [5.74, 6) is -0.903. The molecule has 0 fully saturated rings. The zero-order valence-electron chi connectivity index (χ0n) is 14.0. The predicted octanol–water partition coefficient (Wildman–Crippen LogP) is 4.08. The maximum Gasteiger partial charge on any atom is 0.340 e. The molecule has 25 heavy (non-hydrogen) atoms. The third kappa shape index (κ3) is 4.02. The van der Waals surface area contributed by atoms with Crippen molar-refractivity contribution in [2.75, 3.05) is 0 Å². The molecule has 0 unspecified atom stereocenters. The number of halogens is 1. The number of amides is 1. The van der Waals surface area contributed by atoms with Crippen molar-refractivity contribution in [3.05, 3.63) is 70.2 Å². The first-order chi connectivity index (χ1) is 12.1. The van der Waals surface area contributed by atoms with Gasteiger partial charge in [-0.2, -0.15) is 0 Å².